The highest BCUT2D eigenvalue weighted by molar-refractivity contribution is 7.71. The van der Waals surface area contributed by atoms with Gasteiger partial charge in [-0.2, -0.15) is 14.9 Å². The van der Waals surface area contributed by atoms with Crippen LogP contribution in [0.25, 0.3) is 10.9 Å². The van der Waals surface area contributed by atoms with E-state index in [0.717, 1.165) is 37.4 Å². The number of nitrogens with one attached hydrogen (secondary N) is 1. The van der Waals surface area contributed by atoms with Crippen molar-refractivity contribution in [3.8, 4) is 0 Å². The summed E-state index contributed by atoms with van der Waals surface area (Å²) < 4.78 is 10.2. The van der Waals surface area contributed by atoms with Crippen molar-refractivity contribution >= 4 is 29.3 Å². The van der Waals surface area contributed by atoms with E-state index in [-0.39, 0.29) is 6.10 Å². The van der Waals surface area contributed by atoms with E-state index in [1.54, 1.807) is 4.68 Å². The Kier molecular flexibility index (Phi) is 4.27. The normalized spacial score (nSPS) is 17.9. The average Bonchev–Trinajstić information content (AvgIpc) is 3.32. The number of aromatic amines is 1. The summed E-state index contributed by atoms with van der Waals surface area (Å²) >= 11 is 5.35. The third-order valence-corrected chi connectivity index (χ3v) is 5.06. The molecule has 0 spiro atoms. The van der Waals surface area contributed by atoms with Gasteiger partial charge in [-0.3, -0.25) is 5.10 Å². The maximum absolute atomic E-state index is 5.73. The number of H-pyrrole nitrogens is 1. The second kappa shape index (κ2) is 6.57. The number of aromatic nitrogens is 4. The van der Waals surface area contributed by atoms with Crippen molar-refractivity contribution in [2.75, 3.05) is 6.61 Å². The minimum Gasteiger partial charge on any atom is -0.370 e. The van der Waals surface area contributed by atoms with Crippen LogP contribution in [0.15, 0.2) is 29.4 Å². The van der Waals surface area contributed by atoms with Gasteiger partial charge < -0.3 is 9.30 Å². The summed E-state index contributed by atoms with van der Waals surface area (Å²) in [5.74, 6) is 0.746. The topological polar surface area (TPSA) is 60.1 Å². The van der Waals surface area contributed by atoms with Crippen LogP contribution in [-0.4, -0.2) is 32.3 Å². The van der Waals surface area contributed by atoms with Crippen LogP contribution in [0.5, 0.6) is 0 Å². The van der Waals surface area contributed by atoms with Crippen LogP contribution in [0.4, 0.5) is 0 Å². The molecule has 0 bridgehead atoms. The van der Waals surface area contributed by atoms with Gasteiger partial charge >= 0.3 is 0 Å². The fraction of sp³-hybridized carbons (Fsp3) is 0.389. The Morgan fingerprint density at radius 3 is 3.04 bits per heavy atom. The molecule has 1 atom stereocenters. The molecule has 2 aromatic heterocycles. The molecule has 25 heavy (non-hydrogen) atoms. The van der Waals surface area contributed by atoms with E-state index in [4.69, 9.17) is 17.0 Å². The third-order valence-electron chi connectivity index (χ3n) is 4.79. The van der Waals surface area contributed by atoms with E-state index >= 15 is 0 Å². The molecule has 1 saturated heterocycles. The summed E-state index contributed by atoms with van der Waals surface area (Å²) in [4.78, 5) is 0. The monoisotopic (exact) mass is 355 g/mol. The highest BCUT2D eigenvalue weighted by Crippen LogP contribution is 2.28. The fourth-order valence-electron chi connectivity index (χ4n) is 3.55. The zero-order chi connectivity index (χ0) is 17.4. The second-order valence-electron chi connectivity index (χ2n) is 6.21. The number of ether oxygens (including phenoxy) is 1. The molecule has 6 nitrogen and oxygen atoms in total. The molecule has 3 aromatic rings. The van der Waals surface area contributed by atoms with Crippen LogP contribution in [0, 0.1) is 11.7 Å². The molecular formula is C18H21N5OS. The van der Waals surface area contributed by atoms with Gasteiger partial charge in [0.2, 0.25) is 4.77 Å². The molecule has 130 valence electrons. The minimum absolute atomic E-state index is 0.0387. The zero-order valence-corrected chi connectivity index (χ0v) is 15.2. The number of rotatable bonds is 4. The summed E-state index contributed by atoms with van der Waals surface area (Å²) in [6, 6.07) is 8.40. The van der Waals surface area contributed by atoms with Crippen molar-refractivity contribution in [2.45, 2.75) is 39.3 Å². The summed E-state index contributed by atoms with van der Waals surface area (Å²) in [6.45, 7) is 5.96. The number of para-hydroxylation sites is 1. The Labute approximate surface area is 151 Å². The number of benzene rings is 1. The highest BCUT2D eigenvalue weighted by Gasteiger charge is 2.23. The smallest absolute Gasteiger partial charge is 0.216 e. The molecular weight excluding hydrogens is 334 g/mol. The van der Waals surface area contributed by atoms with E-state index in [1.165, 1.54) is 16.6 Å². The SMILES string of the molecule is CCn1c(C)c(/C=N\n2c(C3CCCO3)n[nH]c2=S)c2ccccc21. The molecule has 1 fully saturated rings. The first-order valence-corrected chi connectivity index (χ1v) is 9.02. The molecule has 0 aliphatic carbocycles. The summed E-state index contributed by atoms with van der Waals surface area (Å²) in [6.07, 6.45) is 3.83. The molecule has 0 saturated carbocycles. The molecule has 0 radical (unpaired) electrons. The highest BCUT2D eigenvalue weighted by atomic mass is 32.1. The molecule has 0 amide bonds. The molecule has 1 unspecified atom stereocenters. The first-order chi connectivity index (χ1) is 12.2. The minimum atomic E-state index is -0.0387. The van der Waals surface area contributed by atoms with Crippen molar-refractivity contribution in [3.05, 3.63) is 46.1 Å². The van der Waals surface area contributed by atoms with Crippen LogP contribution < -0.4 is 0 Å². The lowest BCUT2D eigenvalue weighted by Crippen LogP contribution is -2.05. The van der Waals surface area contributed by atoms with Crippen molar-refractivity contribution in [1.82, 2.24) is 19.4 Å². The lowest BCUT2D eigenvalue weighted by atomic mass is 10.1. The van der Waals surface area contributed by atoms with Gasteiger partial charge in [0.15, 0.2) is 5.82 Å². The quantitative estimate of drug-likeness (QED) is 0.569. The summed E-state index contributed by atoms with van der Waals surface area (Å²) in [7, 11) is 0. The lowest BCUT2D eigenvalue weighted by molar-refractivity contribution is 0.102. The summed E-state index contributed by atoms with van der Waals surface area (Å²) in [5.41, 5.74) is 3.53. The number of hydrogen-bond acceptors (Lipinski definition) is 4. The fourth-order valence-corrected chi connectivity index (χ4v) is 3.74. The van der Waals surface area contributed by atoms with Crippen molar-refractivity contribution in [1.29, 1.82) is 0 Å². The second-order valence-corrected chi connectivity index (χ2v) is 6.59. The number of aryl methyl sites for hydroxylation is 1. The van der Waals surface area contributed by atoms with Crippen LogP contribution in [-0.2, 0) is 11.3 Å². The zero-order valence-electron chi connectivity index (χ0n) is 14.4. The van der Waals surface area contributed by atoms with Gasteiger partial charge in [-0.05, 0) is 45.0 Å². The summed E-state index contributed by atoms with van der Waals surface area (Å²) in [5, 5.41) is 13.0. The van der Waals surface area contributed by atoms with Crippen LogP contribution >= 0.6 is 12.2 Å². The number of nitrogens with zero attached hydrogens (tertiary/aromatic N) is 4. The predicted molar refractivity (Wildman–Crippen MR) is 101 cm³/mol. The van der Waals surface area contributed by atoms with Crippen molar-refractivity contribution in [2.24, 2.45) is 5.10 Å². The molecule has 1 N–H and O–H groups in total. The predicted octanol–water partition coefficient (Wildman–Crippen LogP) is 3.96. The van der Waals surface area contributed by atoms with E-state index in [2.05, 4.69) is 58.0 Å². The van der Waals surface area contributed by atoms with Gasteiger partial charge in [0.25, 0.3) is 0 Å². The maximum Gasteiger partial charge on any atom is 0.216 e. The Balaban J connectivity index is 1.79. The molecule has 4 rings (SSSR count). The first-order valence-electron chi connectivity index (χ1n) is 8.61. The van der Waals surface area contributed by atoms with Crippen molar-refractivity contribution < 1.29 is 4.74 Å². The van der Waals surface area contributed by atoms with E-state index in [1.807, 2.05) is 6.21 Å². The molecule has 3 heterocycles. The average molecular weight is 355 g/mol. The molecule has 1 aliphatic rings. The Hall–Kier alpha value is -2.25. The Morgan fingerprint density at radius 1 is 1.44 bits per heavy atom. The van der Waals surface area contributed by atoms with Gasteiger partial charge in [-0.25, -0.2) is 0 Å². The Bertz CT molecular complexity index is 991. The number of hydrogen-bond donors (Lipinski definition) is 1. The third kappa shape index (κ3) is 2.73. The number of fused-ring (bicyclic) bond motifs is 1. The van der Waals surface area contributed by atoms with Crippen LogP contribution in [0.3, 0.4) is 0 Å². The molecule has 7 heteroatoms. The van der Waals surface area contributed by atoms with E-state index in [9.17, 15) is 0 Å². The van der Waals surface area contributed by atoms with Gasteiger partial charge in [-0.1, -0.05) is 18.2 Å². The van der Waals surface area contributed by atoms with Crippen LogP contribution in [0.2, 0.25) is 0 Å². The van der Waals surface area contributed by atoms with Gasteiger partial charge in [0.05, 0.1) is 6.21 Å². The van der Waals surface area contributed by atoms with Gasteiger partial charge in [0, 0.05) is 35.3 Å². The standard InChI is InChI=1S/C18H21N5OS/c1-3-22-12(2)14(13-7-4-5-8-15(13)22)11-19-23-17(20-21-18(23)25)16-9-6-10-24-16/h4-5,7-8,11,16H,3,6,9-10H2,1-2H3,(H,21,25)/b19-11-. The van der Waals surface area contributed by atoms with Gasteiger partial charge in [-0.15, -0.1) is 0 Å². The molecule has 1 aliphatic heterocycles. The van der Waals surface area contributed by atoms with E-state index < -0.39 is 0 Å². The van der Waals surface area contributed by atoms with Crippen molar-refractivity contribution in [3.63, 3.8) is 0 Å². The van der Waals surface area contributed by atoms with Crippen LogP contribution in [0.1, 0.15) is 43.0 Å². The largest absolute Gasteiger partial charge is 0.370 e. The van der Waals surface area contributed by atoms with E-state index in [0.29, 0.717) is 4.77 Å². The Morgan fingerprint density at radius 2 is 2.28 bits per heavy atom. The first kappa shape index (κ1) is 16.2. The molecule has 1 aromatic carbocycles. The maximum atomic E-state index is 5.73. The van der Waals surface area contributed by atoms with Gasteiger partial charge in [0.1, 0.15) is 6.10 Å². The lowest BCUT2D eigenvalue weighted by Gasteiger charge is -2.07.